The molecule has 0 amide bonds. The Bertz CT molecular complexity index is 349. The molecule has 1 N–H and O–H groups in total. The van der Waals surface area contributed by atoms with Crippen molar-refractivity contribution in [3.8, 4) is 0 Å². The third kappa shape index (κ3) is 1.90. The van der Waals surface area contributed by atoms with Crippen molar-refractivity contribution in [2.45, 2.75) is 25.4 Å². The number of halogens is 2. The van der Waals surface area contributed by atoms with E-state index in [1.807, 2.05) is 19.1 Å². The molecular weight excluding hydrogens is 219 g/mol. The minimum atomic E-state index is -0.244. The predicted octanol–water partition coefficient (Wildman–Crippen LogP) is 3.48. The molecular formula is C11H12Cl2O. The number of rotatable bonds is 2. The average Bonchev–Trinajstić information content (AvgIpc) is 2.83. The topological polar surface area (TPSA) is 20.2 Å². The Morgan fingerprint density at radius 1 is 1.43 bits per heavy atom. The minimum Gasteiger partial charge on any atom is -0.393 e. The summed E-state index contributed by atoms with van der Waals surface area (Å²) < 4.78 is 0. The number of hydrogen-bond donors (Lipinski definition) is 1. The van der Waals surface area contributed by atoms with E-state index in [0.717, 1.165) is 12.0 Å². The molecule has 3 heteroatoms. The molecule has 0 heterocycles. The van der Waals surface area contributed by atoms with Crippen molar-refractivity contribution in [2.75, 3.05) is 0 Å². The summed E-state index contributed by atoms with van der Waals surface area (Å²) in [5, 5.41) is 10.8. The van der Waals surface area contributed by atoms with Gasteiger partial charge in [-0.25, -0.2) is 0 Å². The third-order valence-electron chi connectivity index (χ3n) is 2.82. The van der Waals surface area contributed by atoms with Crippen molar-refractivity contribution < 1.29 is 5.11 Å². The Balaban J connectivity index is 2.19. The largest absolute Gasteiger partial charge is 0.393 e. The van der Waals surface area contributed by atoms with Crippen LogP contribution in [0.5, 0.6) is 0 Å². The number of aliphatic hydroxyl groups is 1. The van der Waals surface area contributed by atoms with E-state index >= 15 is 0 Å². The number of benzene rings is 1. The van der Waals surface area contributed by atoms with Crippen molar-refractivity contribution in [1.82, 2.24) is 0 Å². The molecule has 1 fully saturated rings. The van der Waals surface area contributed by atoms with Gasteiger partial charge in [-0.1, -0.05) is 29.3 Å². The number of aliphatic hydroxyl groups excluding tert-OH is 1. The molecule has 0 aromatic heterocycles. The van der Waals surface area contributed by atoms with Crippen LogP contribution in [0.2, 0.25) is 10.0 Å². The lowest BCUT2D eigenvalue weighted by molar-refractivity contribution is 0.169. The summed E-state index contributed by atoms with van der Waals surface area (Å²) in [7, 11) is 0. The van der Waals surface area contributed by atoms with Crippen LogP contribution in [0.25, 0.3) is 0 Å². The van der Waals surface area contributed by atoms with Crippen LogP contribution in [0.4, 0.5) is 0 Å². The molecule has 0 saturated heterocycles. The zero-order chi connectivity index (χ0) is 10.3. The van der Waals surface area contributed by atoms with Gasteiger partial charge in [0.1, 0.15) is 0 Å². The second kappa shape index (κ2) is 3.73. The van der Waals surface area contributed by atoms with Gasteiger partial charge in [-0.2, -0.15) is 0 Å². The Kier molecular flexibility index (Phi) is 2.74. The Labute approximate surface area is 93.7 Å². The van der Waals surface area contributed by atoms with Gasteiger partial charge in [-0.05, 0) is 42.9 Å². The van der Waals surface area contributed by atoms with Gasteiger partial charge in [0, 0.05) is 10.0 Å². The second-order valence-corrected chi connectivity index (χ2v) is 4.76. The van der Waals surface area contributed by atoms with Crippen LogP contribution in [-0.4, -0.2) is 11.2 Å². The van der Waals surface area contributed by atoms with Crippen molar-refractivity contribution >= 4 is 23.2 Å². The Morgan fingerprint density at radius 3 is 2.64 bits per heavy atom. The van der Waals surface area contributed by atoms with Crippen molar-refractivity contribution in [3.63, 3.8) is 0 Å². The summed E-state index contributed by atoms with van der Waals surface area (Å²) in [6, 6.07) is 5.56. The summed E-state index contributed by atoms with van der Waals surface area (Å²) in [6.07, 6.45) is 0.783. The summed E-state index contributed by atoms with van der Waals surface area (Å²) in [4.78, 5) is 0. The van der Waals surface area contributed by atoms with E-state index < -0.39 is 0 Å². The highest BCUT2D eigenvalue weighted by atomic mass is 35.5. The SMILES string of the molecule is C[C@@H](O)[C@@H]1C[C@@H]1c1ccc(Cl)cc1Cl. The van der Waals surface area contributed by atoms with Gasteiger partial charge in [0.05, 0.1) is 6.10 Å². The Morgan fingerprint density at radius 2 is 2.14 bits per heavy atom. The molecule has 0 radical (unpaired) electrons. The molecule has 14 heavy (non-hydrogen) atoms. The predicted molar refractivity (Wildman–Crippen MR) is 59.0 cm³/mol. The van der Waals surface area contributed by atoms with Gasteiger partial charge < -0.3 is 5.11 Å². The van der Waals surface area contributed by atoms with Gasteiger partial charge in [-0.3, -0.25) is 0 Å². The van der Waals surface area contributed by atoms with Crippen LogP contribution in [0.3, 0.4) is 0 Å². The monoisotopic (exact) mass is 230 g/mol. The van der Waals surface area contributed by atoms with Gasteiger partial charge in [-0.15, -0.1) is 0 Å². The molecule has 0 bridgehead atoms. The average molecular weight is 231 g/mol. The zero-order valence-corrected chi connectivity index (χ0v) is 9.39. The fraction of sp³-hybridized carbons (Fsp3) is 0.455. The minimum absolute atomic E-state index is 0.244. The molecule has 3 atom stereocenters. The summed E-state index contributed by atoms with van der Waals surface area (Å²) in [5.74, 6) is 0.786. The van der Waals surface area contributed by atoms with Crippen molar-refractivity contribution in [2.24, 2.45) is 5.92 Å². The zero-order valence-electron chi connectivity index (χ0n) is 7.87. The van der Waals surface area contributed by atoms with Gasteiger partial charge >= 0.3 is 0 Å². The molecule has 1 aromatic rings. The van der Waals surface area contributed by atoms with Crippen LogP contribution in [0.1, 0.15) is 24.8 Å². The van der Waals surface area contributed by atoms with Crippen LogP contribution >= 0.6 is 23.2 Å². The molecule has 0 unspecified atom stereocenters. The summed E-state index contributed by atoms with van der Waals surface area (Å²) in [6.45, 7) is 1.83. The highest BCUT2D eigenvalue weighted by Gasteiger charge is 2.42. The van der Waals surface area contributed by atoms with E-state index in [2.05, 4.69) is 0 Å². The fourth-order valence-corrected chi connectivity index (χ4v) is 2.46. The number of hydrogen-bond acceptors (Lipinski definition) is 1. The first-order chi connectivity index (χ1) is 6.59. The molecule has 0 spiro atoms. The lowest BCUT2D eigenvalue weighted by atomic mass is 10.1. The molecule has 2 rings (SSSR count). The highest BCUT2D eigenvalue weighted by molar-refractivity contribution is 6.35. The maximum atomic E-state index is 9.40. The van der Waals surface area contributed by atoms with E-state index in [9.17, 15) is 5.11 Å². The van der Waals surface area contributed by atoms with Gasteiger partial charge in [0.15, 0.2) is 0 Å². The second-order valence-electron chi connectivity index (χ2n) is 3.91. The first kappa shape index (κ1) is 10.3. The first-order valence-corrected chi connectivity index (χ1v) is 5.48. The smallest absolute Gasteiger partial charge is 0.0546 e. The molecule has 1 aromatic carbocycles. The lowest BCUT2D eigenvalue weighted by Crippen LogP contribution is -2.03. The van der Waals surface area contributed by atoms with E-state index in [4.69, 9.17) is 23.2 Å². The maximum absolute atomic E-state index is 9.40. The molecule has 76 valence electrons. The highest BCUT2D eigenvalue weighted by Crippen LogP contribution is 2.51. The molecule has 1 aliphatic carbocycles. The van der Waals surface area contributed by atoms with E-state index in [1.54, 1.807) is 6.07 Å². The third-order valence-corrected chi connectivity index (χ3v) is 3.38. The van der Waals surface area contributed by atoms with E-state index in [-0.39, 0.29) is 6.10 Å². The van der Waals surface area contributed by atoms with Crippen LogP contribution in [-0.2, 0) is 0 Å². The molecule has 0 aliphatic heterocycles. The summed E-state index contributed by atoms with van der Waals surface area (Å²) >= 11 is 11.9. The molecule has 1 aliphatic rings. The fourth-order valence-electron chi connectivity index (χ4n) is 1.91. The normalized spacial score (nSPS) is 27.4. The first-order valence-electron chi connectivity index (χ1n) is 4.72. The van der Waals surface area contributed by atoms with Gasteiger partial charge in [0.2, 0.25) is 0 Å². The van der Waals surface area contributed by atoms with Crippen molar-refractivity contribution in [1.29, 1.82) is 0 Å². The molecule has 1 saturated carbocycles. The van der Waals surface area contributed by atoms with Crippen LogP contribution < -0.4 is 0 Å². The summed E-state index contributed by atoms with van der Waals surface area (Å²) in [5.41, 5.74) is 1.11. The van der Waals surface area contributed by atoms with Crippen LogP contribution in [0, 0.1) is 5.92 Å². The standard InChI is InChI=1S/C11H12Cl2O/c1-6(14)9-5-10(9)8-3-2-7(12)4-11(8)13/h2-4,6,9-10,14H,5H2,1H3/t6-,9+,10-/m1/s1. The molecule has 1 nitrogen and oxygen atoms in total. The van der Waals surface area contributed by atoms with Crippen LogP contribution in [0.15, 0.2) is 18.2 Å². The van der Waals surface area contributed by atoms with E-state index in [1.165, 1.54) is 0 Å². The quantitative estimate of drug-likeness (QED) is 0.826. The Hall–Kier alpha value is -0.240. The lowest BCUT2D eigenvalue weighted by Gasteiger charge is -2.05. The van der Waals surface area contributed by atoms with E-state index in [0.29, 0.717) is 21.9 Å². The maximum Gasteiger partial charge on any atom is 0.0546 e. The van der Waals surface area contributed by atoms with Gasteiger partial charge in [0.25, 0.3) is 0 Å². The van der Waals surface area contributed by atoms with Crippen molar-refractivity contribution in [3.05, 3.63) is 33.8 Å².